The van der Waals surface area contributed by atoms with E-state index in [1.807, 2.05) is 0 Å². The van der Waals surface area contributed by atoms with Crippen LogP contribution in [-0.4, -0.2) is 16.1 Å². The number of aryl methyl sites for hydroxylation is 1. The van der Waals surface area contributed by atoms with Gasteiger partial charge in [0.2, 0.25) is 5.91 Å². The second-order valence-corrected chi connectivity index (χ2v) is 6.50. The Labute approximate surface area is 157 Å². The predicted molar refractivity (Wildman–Crippen MR) is 99.3 cm³/mol. The van der Waals surface area contributed by atoms with Crippen LogP contribution in [0.2, 0.25) is 10.0 Å². The average molecular weight is 394 g/mol. The summed E-state index contributed by atoms with van der Waals surface area (Å²) in [6, 6.07) is 6.97. The highest BCUT2D eigenvalue weighted by molar-refractivity contribution is 6.42. The summed E-state index contributed by atoms with van der Waals surface area (Å²) in [4.78, 5) is 24.5. The van der Waals surface area contributed by atoms with Crippen LogP contribution < -0.4 is 10.9 Å². The molecule has 1 amide bonds. The zero-order valence-electron chi connectivity index (χ0n) is 13.5. The van der Waals surface area contributed by atoms with Gasteiger partial charge in [-0.05, 0) is 30.7 Å². The van der Waals surface area contributed by atoms with Crippen molar-refractivity contribution in [3.8, 4) is 11.5 Å². The van der Waals surface area contributed by atoms with Gasteiger partial charge in [-0.3, -0.25) is 4.79 Å². The van der Waals surface area contributed by atoms with E-state index in [-0.39, 0.29) is 39.5 Å². The Morgan fingerprint density at radius 1 is 1.15 bits per heavy atom. The Bertz CT molecular complexity index is 1090. The SMILES string of the molecule is Cc1c(CC(=O)Nc2ccc(Cl)c(Cl)c2)c(=O)oc2cc(O)cc(O)c12. The number of aromatic hydroxyl groups is 2. The van der Waals surface area contributed by atoms with Crippen molar-refractivity contribution >= 4 is 45.8 Å². The first-order valence-corrected chi connectivity index (χ1v) is 8.25. The molecule has 1 aromatic heterocycles. The summed E-state index contributed by atoms with van der Waals surface area (Å²) < 4.78 is 5.13. The Morgan fingerprint density at radius 3 is 2.58 bits per heavy atom. The van der Waals surface area contributed by atoms with Gasteiger partial charge in [0.15, 0.2) is 0 Å². The standard InChI is InChI=1S/C18H13Cl2NO5/c1-8-11(7-16(24)21-9-2-3-12(19)13(20)4-9)18(25)26-15-6-10(22)5-14(23)17(8)15/h2-6,22-23H,7H2,1H3,(H,21,24). The molecule has 0 aliphatic carbocycles. The normalized spacial score (nSPS) is 10.9. The van der Waals surface area contributed by atoms with Crippen LogP contribution in [0.1, 0.15) is 11.1 Å². The fraction of sp³-hybridized carbons (Fsp3) is 0.111. The van der Waals surface area contributed by atoms with Gasteiger partial charge in [-0.1, -0.05) is 23.2 Å². The van der Waals surface area contributed by atoms with E-state index in [0.717, 1.165) is 6.07 Å². The van der Waals surface area contributed by atoms with Crippen molar-refractivity contribution in [3.05, 3.63) is 61.9 Å². The van der Waals surface area contributed by atoms with Gasteiger partial charge in [0, 0.05) is 17.8 Å². The van der Waals surface area contributed by atoms with Crippen molar-refractivity contribution in [2.75, 3.05) is 5.32 Å². The van der Waals surface area contributed by atoms with E-state index in [1.54, 1.807) is 19.1 Å². The molecule has 26 heavy (non-hydrogen) atoms. The lowest BCUT2D eigenvalue weighted by molar-refractivity contribution is -0.115. The number of phenols is 2. The molecular weight excluding hydrogens is 381 g/mol. The third kappa shape index (κ3) is 3.47. The second-order valence-electron chi connectivity index (χ2n) is 5.68. The Hall–Kier alpha value is -2.70. The Kier molecular flexibility index (Phi) is 4.80. The smallest absolute Gasteiger partial charge is 0.340 e. The zero-order valence-corrected chi connectivity index (χ0v) is 15.0. The van der Waals surface area contributed by atoms with Gasteiger partial charge in [-0.15, -0.1) is 0 Å². The summed E-state index contributed by atoms with van der Waals surface area (Å²) in [5.74, 6) is -0.938. The first-order valence-electron chi connectivity index (χ1n) is 7.49. The van der Waals surface area contributed by atoms with Crippen molar-refractivity contribution in [2.24, 2.45) is 0 Å². The molecule has 1 heterocycles. The van der Waals surface area contributed by atoms with Crippen molar-refractivity contribution in [1.82, 2.24) is 0 Å². The Balaban J connectivity index is 1.94. The van der Waals surface area contributed by atoms with Crippen LogP contribution in [0, 0.1) is 6.92 Å². The maximum Gasteiger partial charge on any atom is 0.340 e. The fourth-order valence-corrected chi connectivity index (χ4v) is 2.95. The number of fused-ring (bicyclic) bond motifs is 1. The molecule has 3 aromatic rings. The summed E-state index contributed by atoms with van der Waals surface area (Å²) in [5, 5.41) is 23.1. The Morgan fingerprint density at radius 2 is 1.88 bits per heavy atom. The molecule has 0 aliphatic heterocycles. The summed E-state index contributed by atoms with van der Waals surface area (Å²) in [6.45, 7) is 1.60. The third-order valence-electron chi connectivity index (χ3n) is 3.88. The molecule has 0 atom stereocenters. The largest absolute Gasteiger partial charge is 0.508 e. The van der Waals surface area contributed by atoms with Gasteiger partial charge >= 0.3 is 5.63 Å². The molecule has 0 unspecified atom stereocenters. The van der Waals surface area contributed by atoms with Crippen molar-refractivity contribution < 1.29 is 19.4 Å². The highest BCUT2D eigenvalue weighted by Crippen LogP contribution is 2.32. The lowest BCUT2D eigenvalue weighted by atomic mass is 10.0. The second kappa shape index (κ2) is 6.90. The van der Waals surface area contributed by atoms with Crippen LogP contribution in [0.25, 0.3) is 11.0 Å². The number of phenolic OH excluding ortho intramolecular Hbond substituents is 2. The highest BCUT2D eigenvalue weighted by Gasteiger charge is 2.18. The monoisotopic (exact) mass is 393 g/mol. The first-order chi connectivity index (χ1) is 12.3. The molecule has 6 nitrogen and oxygen atoms in total. The van der Waals surface area contributed by atoms with Gasteiger partial charge in [0.05, 0.1) is 27.4 Å². The van der Waals surface area contributed by atoms with Crippen molar-refractivity contribution in [2.45, 2.75) is 13.3 Å². The molecule has 0 bridgehead atoms. The average Bonchev–Trinajstić information content (AvgIpc) is 2.54. The van der Waals surface area contributed by atoms with Gasteiger partial charge in [0.1, 0.15) is 17.1 Å². The number of carbonyl (C=O) groups excluding carboxylic acids is 1. The van der Waals surface area contributed by atoms with E-state index in [0.29, 0.717) is 16.3 Å². The predicted octanol–water partition coefficient (Wildman–Crippen LogP) is 4.00. The molecule has 2 aromatic carbocycles. The maximum atomic E-state index is 12.3. The molecule has 0 radical (unpaired) electrons. The van der Waals surface area contributed by atoms with E-state index in [1.165, 1.54) is 12.1 Å². The number of rotatable bonds is 3. The highest BCUT2D eigenvalue weighted by atomic mass is 35.5. The summed E-state index contributed by atoms with van der Waals surface area (Å²) in [7, 11) is 0. The molecule has 3 rings (SSSR count). The topological polar surface area (TPSA) is 99.8 Å². The number of carbonyl (C=O) groups is 1. The van der Waals surface area contributed by atoms with E-state index in [2.05, 4.69) is 5.32 Å². The fourth-order valence-electron chi connectivity index (χ4n) is 2.65. The van der Waals surface area contributed by atoms with Crippen molar-refractivity contribution in [1.29, 1.82) is 0 Å². The van der Waals surface area contributed by atoms with Crippen LogP contribution in [0.15, 0.2) is 39.5 Å². The molecule has 0 saturated carbocycles. The van der Waals surface area contributed by atoms with E-state index >= 15 is 0 Å². The van der Waals surface area contributed by atoms with Crippen LogP contribution in [0.4, 0.5) is 5.69 Å². The van der Waals surface area contributed by atoms with E-state index in [9.17, 15) is 19.8 Å². The van der Waals surface area contributed by atoms with E-state index in [4.69, 9.17) is 27.6 Å². The molecule has 8 heteroatoms. The van der Waals surface area contributed by atoms with Crippen LogP contribution in [-0.2, 0) is 11.2 Å². The van der Waals surface area contributed by atoms with E-state index < -0.39 is 11.5 Å². The number of hydrogen-bond donors (Lipinski definition) is 3. The number of nitrogens with one attached hydrogen (secondary N) is 1. The first kappa shape index (κ1) is 18.1. The molecule has 3 N–H and O–H groups in total. The van der Waals surface area contributed by atoms with Crippen molar-refractivity contribution in [3.63, 3.8) is 0 Å². The number of halogens is 2. The van der Waals surface area contributed by atoms with Crippen LogP contribution in [0.3, 0.4) is 0 Å². The number of benzene rings is 2. The summed E-state index contributed by atoms with van der Waals surface area (Å²) in [6.07, 6.45) is -0.259. The zero-order chi connectivity index (χ0) is 19.0. The maximum absolute atomic E-state index is 12.3. The number of hydrogen-bond acceptors (Lipinski definition) is 5. The summed E-state index contributed by atoms with van der Waals surface area (Å²) in [5.41, 5.74) is 0.261. The molecule has 0 aliphatic rings. The lowest BCUT2D eigenvalue weighted by Gasteiger charge is -2.10. The molecule has 134 valence electrons. The van der Waals surface area contributed by atoms with Gasteiger partial charge < -0.3 is 19.9 Å². The quantitative estimate of drug-likeness (QED) is 0.583. The summed E-state index contributed by atoms with van der Waals surface area (Å²) >= 11 is 11.7. The lowest BCUT2D eigenvalue weighted by Crippen LogP contribution is -2.20. The van der Waals surface area contributed by atoms with Gasteiger partial charge in [0.25, 0.3) is 0 Å². The van der Waals surface area contributed by atoms with Gasteiger partial charge in [-0.25, -0.2) is 4.79 Å². The number of amides is 1. The number of anilines is 1. The molecule has 0 saturated heterocycles. The molecule has 0 fully saturated rings. The molecule has 0 spiro atoms. The van der Waals surface area contributed by atoms with Crippen LogP contribution >= 0.6 is 23.2 Å². The molecular formula is C18H13Cl2NO5. The minimum Gasteiger partial charge on any atom is -0.508 e. The van der Waals surface area contributed by atoms with Gasteiger partial charge in [-0.2, -0.15) is 0 Å². The minimum atomic E-state index is -0.718. The minimum absolute atomic E-state index is 0.0404. The van der Waals surface area contributed by atoms with Crippen LogP contribution in [0.5, 0.6) is 11.5 Å². The third-order valence-corrected chi connectivity index (χ3v) is 4.62.